The van der Waals surface area contributed by atoms with Gasteiger partial charge in [0.1, 0.15) is 0 Å². The third kappa shape index (κ3) is 1.22. The largest absolute Gasteiger partial charge is 0.303 e. The molecule has 3 aromatic heterocycles. The van der Waals surface area contributed by atoms with Gasteiger partial charge >= 0.3 is 0 Å². The van der Waals surface area contributed by atoms with E-state index >= 15 is 0 Å². The van der Waals surface area contributed by atoms with Gasteiger partial charge in [0.2, 0.25) is 11.6 Å². The monoisotopic (exact) mass is 216 g/mol. The van der Waals surface area contributed by atoms with Gasteiger partial charge in [-0.15, -0.1) is 5.10 Å². The number of aromatic nitrogens is 6. The molecule has 0 aliphatic heterocycles. The fourth-order valence-electron chi connectivity index (χ4n) is 1.45. The molecule has 0 spiro atoms. The Balaban J connectivity index is 2.17. The average Bonchev–Trinajstić information content (AvgIpc) is 2.95. The van der Waals surface area contributed by atoms with Crippen LogP contribution >= 0.6 is 0 Å². The van der Waals surface area contributed by atoms with E-state index in [1.165, 1.54) is 0 Å². The van der Waals surface area contributed by atoms with Crippen LogP contribution in [0.1, 0.15) is 5.69 Å². The van der Waals surface area contributed by atoms with Crippen LogP contribution in [0.3, 0.4) is 0 Å². The van der Waals surface area contributed by atoms with E-state index in [0.717, 1.165) is 5.69 Å². The van der Waals surface area contributed by atoms with Crippen molar-refractivity contribution in [2.24, 2.45) is 0 Å². The zero-order valence-electron chi connectivity index (χ0n) is 8.48. The van der Waals surface area contributed by atoms with Crippen LogP contribution in [0.25, 0.3) is 11.6 Å². The van der Waals surface area contributed by atoms with Gasteiger partial charge in [0.15, 0.2) is 0 Å². The van der Waals surface area contributed by atoms with Crippen molar-refractivity contribution in [2.45, 2.75) is 6.92 Å². The van der Waals surface area contributed by atoms with Crippen LogP contribution < -0.4 is 0 Å². The normalized spacial score (nSPS) is 10.8. The van der Waals surface area contributed by atoms with E-state index in [-0.39, 0.29) is 0 Å². The quantitative estimate of drug-likeness (QED) is 0.631. The molecule has 0 radical (unpaired) electrons. The van der Waals surface area contributed by atoms with Gasteiger partial charge < -0.3 is 4.57 Å². The van der Waals surface area contributed by atoms with E-state index in [1.807, 2.05) is 31.5 Å². The Labute approximate surface area is 90.3 Å². The van der Waals surface area contributed by atoms with Gasteiger partial charge in [0, 0.05) is 12.4 Å². The minimum Gasteiger partial charge on any atom is -0.303 e. The van der Waals surface area contributed by atoms with Crippen LogP contribution in [0.2, 0.25) is 0 Å². The van der Waals surface area contributed by atoms with Gasteiger partial charge in [-0.2, -0.15) is 4.68 Å². The molecule has 0 unspecified atom stereocenters. The first-order chi connectivity index (χ1) is 7.86. The fourth-order valence-corrected chi connectivity index (χ4v) is 1.45. The lowest BCUT2D eigenvalue weighted by Crippen LogP contribution is -2.04. The zero-order valence-corrected chi connectivity index (χ0v) is 8.48. The summed E-state index contributed by atoms with van der Waals surface area (Å²) in [4.78, 5) is 0. The van der Waals surface area contributed by atoms with Crippen molar-refractivity contribution >= 4 is 0 Å². The summed E-state index contributed by atoms with van der Waals surface area (Å²) < 4.78 is 8.11. The first kappa shape index (κ1) is 8.84. The van der Waals surface area contributed by atoms with Gasteiger partial charge in [0.25, 0.3) is 0 Å². The summed E-state index contributed by atoms with van der Waals surface area (Å²) in [7, 11) is 0. The lowest BCUT2D eigenvalue weighted by molar-refractivity contribution is 0.304. The summed E-state index contributed by atoms with van der Waals surface area (Å²) in [6.45, 7) is 1.88. The third-order valence-electron chi connectivity index (χ3n) is 2.22. The zero-order chi connectivity index (χ0) is 11.0. The Morgan fingerprint density at radius 1 is 1.12 bits per heavy atom. The molecule has 0 saturated heterocycles. The van der Waals surface area contributed by atoms with Crippen molar-refractivity contribution in [3.8, 4) is 11.6 Å². The molecule has 3 rings (SSSR count). The van der Waals surface area contributed by atoms with Gasteiger partial charge in [-0.05, 0) is 29.4 Å². The number of hydrogen-bond acceptors (Lipinski definition) is 5. The molecular formula is C9H8N6O. The number of rotatable bonds is 2. The van der Waals surface area contributed by atoms with Crippen LogP contribution in [0.15, 0.2) is 35.4 Å². The van der Waals surface area contributed by atoms with E-state index in [1.54, 1.807) is 15.4 Å². The first-order valence-corrected chi connectivity index (χ1v) is 4.70. The molecule has 3 heterocycles. The standard InChI is InChI=1S/C9H8N6O/c1-7-6-10-13-15(7)9-8(11-16-12-9)14-4-2-3-5-14/h2-6H,1H3. The SMILES string of the molecule is Cc1cnnn1-c1nonc1-n1cccc1. The lowest BCUT2D eigenvalue weighted by atomic mass is 10.5. The first-order valence-electron chi connectivity index (χ1n) is 4.70. The van der Waals surface area contributed by atoms with Crippen LogP contribution in [0, 0.1) is 6.92 Å². The predicted molar refractivity (Wildman–Crippen MR) is 53.3 cm³/mol. The molecule has 0 atom stereocenters. The Hall–Kier alpha value is -2.44. The second-order valence-corrected chi connectivity index (χ2v) is 3.29. The Bertz CT molecular complexity index is 593. The smallest absolute Gasteiger partial charge is 0.244 e. The Kier molecular flexibility index (Phi) is 1.82. The summed E-state index contributed by atoms with van der Waals surface area (Å²) in [6.07, 6.45) is 5.36. The maximum atomic E-state index is 4.74. The average molecular weight is 216 g/mol. The Morgan fingerprint density at radius 3 is 2.56 bits per heavy atom. The number of nitrogens with zero attached hydrogens (tertiary/aromatic N) is 6. The highest BCUT2D eigenvalue weighted by molar-refractivity contribution is 5.39. The van der Waals surface area contributed by atoms with Gasteiger partial charge in [-0.3, -0.25) is 0 Å². The molecule has 0 fully saturated rings. The van der Waals surface area contributed by atoms with Crippen molar-refractivity contribution < 1.29 is 4.63 Å². The molecule has 0 bridgehead atoms. The summed E-state index contributed by atoms with van der Waals surface area (Å²) in [5, 5.41) is 15.4. The summed E-state index contributed by atoms with van der Waals surface area (Å²) in [5.74, 6) is 1.10. The van der Waals surface area contributed by atoms with Gasteiger partial charge in [-0.1, -0.05) is 5.21 Å². The van der Waals surface area contributed by atoms with Crippen LogP contribution in [0.4, 0.5) is 0 Å². The van der Waals surface area contributed by atoms with Crippen molar-refractivity contribution in [1.82, 2.24) is 29.9 Å². The number of hydrogen-bond donors (Lipinski definition) is 0. The molecule has 0 aliphatic rings. The molecule has 16 heavy (non-hydrogen) atoms. The summed E-state index contributed by atoms with van der Waals surface area (Å²) >= 11 is 0. The molecular weight excluding hydrogens is 208 g/mol. The van der Waals surface area contributed by atoms with Crippen LogP contribution in [0.5, 0.6) is 0 Å². The molecule has 0 aromatic carbocycles. The van der Waals surface area contributed by atoms with E-state index in [9.17, 15) is 0 Å². The minimum absolute atomic E-state index is 0.520. The molecule has 3 aromatic rings. The van der Waals surface area contributed by atoms with Gasteiger partial charge in [0.05, 0.1) is 11.9 Å². The molecule has 0 aliphatic carbocycles. The van der Waals surface area contributed by atoms with E-state index < -0.39 is 0 Å². The third-order valence-corrected chi connectivity index (χ3v) is 2.22. The second-order valence-electron chi connectivity index (χ2n) is 3.29. The fraction of sp³-hybridized carbons (Fsp3) is 0.111. The predicted octanol–water partition coefficient (Wildman–Crippen LogP) is 0.749. The van der Waals surface area contributed by atoms with Crippen LogP contribution in [-0.2, 0) is 0 Å². The van der Waals surface area contributed by atoms with Crippen molar-refractivity contribution in [3.63, 3.8) is 0 Å². The summed E-state index contributed by atoms with van der Waals surface area (Å²) in [5.41, 5.74) is 0.865. The lowest BCUT2D eigenvalue weighted by Gasteiger charge is -2.00. The summed E-state index contributed by atoms with van der Waals surface area (Å²) in [6, 6.07) is 3.79. The number of aryl methyl sites for hydroxylation is 1. The Morgan fingerprint density at radius 2 is 1.88 bits per heavy atom. The second kappa shape index (κ2) is 3.30. The maximum absolute atomic E-state index is 4.74. The molecule has 80 valence electrons. The molecule has 0 amide bonds. The van der Waals surface area contributed by atoms with Crippen molar-refractivity contribution in [3.05, 3.63) is 36.4 Å². The molecule has 7 heteroatoms. The van der Waals surface area contributed by atoms with E-state index in [2.05, 4.69) is 20.6 Å². The van der Waals surface area contributed by atoms with Crippen LogP contribution in [-0.4, -0.2) is 29.9 Å². The highest BCUT2D eigenvalue weighted by Gasteiger charge is 2.15. The minimum atomic E-state index is 0.520. The highest BCUT2D eigenvalue weighted by atomic mass is 16.6. The maximum Gasteiger partial charge on any atom is 0.244 e. The van der Waals surface area contributed by atoms with Crippen molar-refractivity contribution in [1.29, 1.82) is 0 Å². The molecule has 7 nitrogen and oxygen atoms in total. The van der Waals surface area contributed by atoms with E-state index in [0.29, 0.717) is 11.6 Å². The topological polar surface area (TPSA) is 74.6 Å². The van der Waals surface area contributed by atoms with Crippen molar-refractivity contribution in [2.75, 3.05) is 0 Å². The molecule has 0 N–H and O–H groups in total. The highest BCUT2D eigenvalue weighted by Crippen LogP contribution is 2.14. The molecule has 0 saturated carbocycles. The van der Waals surface area contributed by atoms with E-state index in [4.69, 9.17) is 4.63 Å². The van der Waals surface area contributed by atoms with Gasteiger partial charge in [-0.25, -0.2) is 4.63 Å².